The van der Waals surface area contributed by atoms with E-state index >= 15 is 0 Å². The number of rotatable bonds is 6. The number of aliphatic hydroxyl groups is 1. The molecule has 0 heterocycles. The second kappa shape index (κ2) is 6.33. The third-order valence-electron chi connectivity index (χ3n) is 3.88. The summed E-state index contributed by atoms with van der Waals surface area (Å²) in [4.78, 5) is 12.4. The molecule has 110 valence electrons. The Morgan fingerprint density at radius 1 is 1.55 bits per heavy atom. The third-order valence-corrected chi connectivity index (χ3v) is 3.88. The van der Waals surface area contributed by atoms with Crippen LogP contribution in [0.5, 0.6) is 0 Å². The second-order valence-electron chi connectivity index (χ2n) is 5.27. The van der Waals surface area contributed by atoms with E-state index in [4.69, 9.17) is 4.74 Å². The first-order valence-corrected chi connectivity index (χ1v) is 6.80. The monoisotopic (exact) mass is 281 g/mol. The molecule has 0 aromatic heterocycles. The van der Waals surface area contributed by atoms with Crippen molar-refractivity contribution in [3.63, 3.8) is 0 Å². The van der Waals surface area contributed by atoms with Gasteiger partial charge in [-0.3, -0.25) is 4.79 Å². The fraction of sp³-hybridized carbons (Fsp3) is 0.533. The van der Waals surface area contributed by atoms with E-state index in [-0.39, 0.29) is 24.9 Å². The minimum atomic E-state index is -0.728. The highest BCUT2D eigenvalue weighted by molar-refractivity contribution is 5.89. The standard InChI is InChI=1S/C15H20FNO3/c1-20-10-13(18)9-17-14(19)15(6-3-7-15)11-4-2-5-12(16)8-11/h2,4-5,8,13,18H,3,6-7,9-10H2,1H3,(H,17,19). The van der Waals surface area contributed by atoms with Gasteiger partial charge in [-0.05, 0) is 30.5 Å². The zero-order chi connectivity index (χ0) is 14.6. The van der Waals surface area contributed by atoms with Gasteiger partial charge in [0.05, 0.1) is 18.1 Å². The van der Waals surface area contributed by atoms with Crippen molar-refractivity contribution in [2.45, 2.75) is 30.8 Å². The molecule has 2 N–H and O–H groups in total. The van der Waals surface area contributed by atoms with Crippen molar-refractivity contribution in [3.05, 3.63) is 35.6 Å². The molecule has 1 aromatic rings. The highest BCUT2D eigenvalue weighted by atomic mass is 19.1. The number of methoxy groups -OCH3 is 1. The molecule has 2 rings (SSSR count). The van der Waals surface area contributed by atoms with Crippen molar-refractivity contribution >= 4 is 5.91 Å². The molecule has 1 atom stereocenters. The first kappa shape index (κ1) is 14.9. The summed E-state index contributed by atoms with van der Waals surface area (Å²) in [5.41, 5.74) is 0.0667. The number of hydrogen-bond acceptors (Lipinski definition) is 3. The highest BCUT2D eigenvalue weighted by Crippen LogP contribution is 2.44. The Bertz CT molecular complexity index is 474. The van der Waals surface area contributed by atoms with Gasteiger partial charge < -0.3 is 15.2 Å². The lowest BCUT2D eigenvalue weighted by molar-refractivity contribution is -0.130. The summed E-state index contributed by atoms with van der Waals surface area (Å²) < 4.78 is 18.2. The van der Waals surface area contributed by atoms with E-state index in [9.17, 15) is 14.3 Å². The van der Waals surface area contributed by atoms with Gasteiger partial charge >= 0.3 is 0 Å². The number of nitrogens with one attached hydrogen (secondary N) is 1. The van der Waals surface area contributed by atoms with Gasteiger partial charge in [-0.1, -0.05) is 18.6 Å². The number of ether oxygens (including phenoxy) is 1. The molecular formula is C15H20FNO3. The minimum absolute atomic E-state index is 0.143. The summed E-state index contributed by atoms with van der Waals surface area (Å²) in [6.07, 6.45) is 1.64. The van der Waals surface area contributed by atoms with Gasteiger partial charge in [0.1, 0.15) is 5.82 Å². The van der Waals surface area contributed by atoms with Gasteiger partial charge in [-0.2, -0.15) is 0 Å². The second-order valence-corrected chi connectivity index (χ2v) is 5.27. The Labute approximate surface area is 117 Å². The molecular weight excluding hydrogens is 261 g/mol. The van der Waals surface area contributed by atoms with E-state index in [0.717, 1.165) is 6.42 Å². The number of aliphatic hydroxyl groups excluding tert-OH is 1. The molecule has 0 radical (unpaired) electrons. The van der Waals surface area contributed by atoms with Crippen LogP contribution in [0.1, 0.15) is 24.8 Å². The molecule has 1 aliphatic rings. The van der Waals surface area contributed by atoms with Crippen LogP contribution in [0.3, 0.4) is 0 Å². The van der Waals surface area contributed by atoms with Crippen LogP contribution in [0, 0.1) is 5.82 Å². The van der Waals surface area contributed by atoms with Gasteiger partial charge in [0, 0.05) is 13.7 Å². The van der Waals surface area contributed by atoms with Gasteiger partial charge in [-0.15, -0.1) is 0 Å². The summed E-state index contributed by atoms with van der Waals surface area (Å²) in [6, 6.07) is 6.20. The van der Waals surface area contributed by atoms with Crippen LogP contribution in [-0.2, 0) is 14.9 Å². The van der Waals surface area contributed by atoms with Crippen LogP contribution in [-0.4, -0.2) is 37.4 Å². The van der Waals surface area contributed by atoms with Crippen LogP contribution in [0.15, 0.2) is 24.3 Å². The van der Waals surface area contributed by atoms with E-state index in [2.05, 4.69) is 5.32 Å². The Hall–Kier alpha value is -1.46. The smallest absolute Gasteiger partial charge is 0.230 e. The summed E-state index contributed by atoms with van der Waals surface area (Å²) in [5.74, 6) is -0.481. The lowest BCUT2D eigenvalue weighted by Gasteiger charge is -2.40. The van der Waals surface area contributed by atoms with E-state index in [1.807, 2.05) is 0 Å². The van der Waals surface area contributed by atoms with Crippen molar-refractivity contribution in [1.82, 2.24) is 5.32 Å². The van der Waals surface area contributed by atoms with E-state index in [0.29, 0.717) is 18.4 Å². The Morgan fingerprint density at radius 2 is 2.30 bits per heavy atom. The van der Waals surface area contributed by atoms with Crippen LogP contribution < -0.4 is 5.32 Å². The maximum Gasteiger partial charge on any atom is 0.230 e. The summed E-state index contributed by atoms with van der Waals surface area (Å²) in [6.45, 7) is 0.316. The summed E-state index contributed by atoms with van der Waals surface area (Å²) >= 11 is 0. The van der Waals surface area contributed by atoms with Gasteiger partial charge in [0.2, 0.25) is 5.91 Å². The SMILES string of the molecule is COCC(O)CNC(=O)C1(c2cccc(F)c2)CCC1. The van der Waals surface area contributed by atoms with Crippen molar-refractivity contribution in [2.75, 3.05) is 20.3 Å². The lowest BCUT2D eigenvalue weighted by atomic mass is 9.64. The van der Waals surface area contributed by atoms with Gasteiger partial charge in [0.15, 0.2) is 0 Å². The van der Waals surface area contributed by atoms with Gasteiger partial charge in [-0.25, -0.2) is 4.39 Å². The van der Waals surface area contributed by atoms with Crippen LogP contribution in [0.2, 0.25) is 0 Å². The number of carbonyl (C=O) groups excluding carboxylic acids is 1. The maximum absolute atomic E-state index is 13.3. The molecule has 0 aliphatic heterocycles. The molecule has 1 saturated carbocycles. The zero-order valence-electron chi connectivity index (χ0n) is 11.6. The maximum atomic E-state index is 13.3. The minimum Gasteiger partial charge on any atom is -0.389 e. The number of hydrogen-bond donors (Lipinski definition) is 2. The molecule has 1 amide bonds. The average Bonchev–Trinajstić information content (AvgIpc) is 2.35. The lowest BCUT2D eigenvalue weighted by Crippen LogP contribution is -2.51. The fourth-order valence-corrected chi connectivity index (χ4v) is 2.59. The normalized spacial score (nSPS) is 18.1. The molecule has 1 aliphatic carbocycles. The van der Waals surface area contributed by atoms with E-state index in [1.54, 1.807) is 12.1 Å². The molecule has 1 unspecified atom stereocenters. The molecule has 4 nitrogen and oxygen atoms in total. The molecule has 0 saturated heterocycles. The largest absolute Gasteiger partial charge is 0.389 e. The number of amides is 1. The van der Waals surface area contributed by atoms with Crippen LogP contribution in [0.25, 0.3) is 0 Å². The van der Waals surface area contributed by atoms with Crippen molar-refractivity contribution in [3.8, 4) is 0 Å². The number of carbonyl (C=O) groups is 1. The predicted octanol–water partition coefficient (Wildman–Crippen LogP) is 1.37. The molecule has 1 aromatic carbocycles. The predicted molar refractivity (Wildman–Crippen MR) is 72.8 cm³/mol. The van der Waals surface area contributed by atoms with Crippen LogP contribution in [0.4, 0.5) is 4.39 Å². The van der Waals surface area contributed by atoms with E-state index < -0.39 is 11.5 Å². The summed E-state index contributed by atoms with van der Waals surface area (Å²) in [5, 5.41) is 12.3. The number of halogens is 1. The highest BCUT2D eigenvalue weighted by Gasteiger charge is 2.45. The number of benzene rings is 1. The Kier molecular flexibility index (Phi) is 4.73. The fourth-order valence-electron chi connectivity index (χ4n) is 2.59. The summed E-state index contributed by atoms with van der Waals surface area (Å²) in [7, 11) is 1.49. The van der Waals surface area contributed by atoms with Crippen molar-refractivity contribution in [1.29, 1.82) is 0 Å². The quantitative estimate of drug-likeness (QED) is 0.828. The zero-order valence-corrected chi connectivity index (χ0v) is 11.6. The third kappa shape index (κ3) is 2.99. The van der Waals surface area contributed by atoms with Crippen molar-refractivity contribution in [2.24, 2.45) is 0 Å². The molecule has 20 heavy (non-hydrogen) atoms. The average molecular weight is 281 g/mol. The van der Waals surface area contributed by atoms with Crippen molar-refractivity contribution < 1.29 is 19.0 Å². The molecule has 0 spiro atoms. The first-order valence-electron chi connectivity index (χ1n) is 6.80. The molecule has 5 heteroatoms. The first-order chi connectivity index (χ1) is 9.58. The molecule has 1 fully saturated rings. The topological polar surface area (TPSA) is 58.6 Å². The Balaban J connectivity index is 2.05. The Morgan fingerprint density at radius 3 is 2.85 bits per heavy atom. The van der Waals surface area contributed by atoms with Gasteiger partial charge in [0.25, 0.3) is 0 Å². The molecule has 0 bridgehead atoms. The van der Waals surface area contributed by atoms with E-state index in [1.165, 1.54) is 19.2 Å². The van der Waals surface area contributed by atoms with Crippen LogP contribution >= 0.6 is 0 Å².